The second kappa shape index (κ2) is 8.95. The molecule has 0 saturated carbocycles. The quantitative estimate of drug-likeness (QED) is 0.582. The molecular weight excluding hydrogens is 423 g/mol. The predicted octanol–water partition coefficient (Wildman–Crippen LogP) is 4.79. The molecule has 0 fully saturated rings. The zero-order valence-electron chi connectivity index (χ0n) is 14.3. The zero-order valence-corrected chi connectivity index (χ0v) is 16.6. The highest BCUT2D eigenvalue weighted by Crippen LogP contribution is 2.32. The Labute approximate surface area is 168 Å². The van der Waals surface area contributed by atoms with Crippen LogP contribution in [0.1, 0.15) is 19.5 Å². The van der Waals surface area contributed by atoms with Gasteiger partial charge in [0.05, 0.1) is 23.7 Å². The maximum absolute atomic E-state index is 13.8. The van der Waals surface area contributed by atoms with Crippen LogP contribution in [-0.4, -0.2) is 35.6 Å². The Kier molecular flexibility index (Phi) is 7.13. The SMILES string of the molecule is CCOC(=O)C(F)(F)C(C)OC(=O)Cc1csc(-c2ccc(Cl)cc2Cl)n1. The summed E-state index contributed by atoms with van der Waals surface area (Å²) in [4.78, 5) is 27.4. The van der Waals surface area contributed by atoms with E-state index in [1.165, 1.54) is 18.3 Å². The summed E-state index contributed by atoms with van der Waals surface area (Å²) in [6.45, 7) is 2.12. The van der Waals surface area contributed by atoms with E-state index < -0.39 is 24.0 Å². The van der Waals surface area contributed by atoms with Gasteiger partial charge in [0, 0.05) is 16.0 Å². The molecule has 27 heavy (non-hydrogen) atoms. The predicted molar refractivity (Wildman–Crippen MR) is 98.4 cm³/mol. The summed E-state index contributed by atoms with van der Waals surface area (Å²) in [5.74, 6) is -6.61. The molecule has 1 atom stereocenters. The summed E-state index contributed by atoms with van der Waals surface area (Å²) in [6.07, 6.45) is -2.29. The highest BCUT2D eigenvalue weighted by molar-refractivity contribution is 7.13. The van der Waals surface area contributed by atoms with Crippen molar-refractivity contribution in [2.45, 2.75) is 32.3 Å². The lowest BCUT2D eigenvalue weighted by molar-refractivity contribution is -0.195. The Hall–Kier alpha value is -1.77. The standard InChI is InChI=1S/C17H15Cl2F2NO4S/c1-3-25-16(24)17(20,21)9(2)26-14(23)7-11-8-27-15(22-11)12-5-4-10(18)6-13(12)19/h4-6,8-9H,3,7H2,1-2H3. The minimum atomic E-state index is -3.93. The van der Waals surface area contributed by atoms with Crippen LogP contribution in [0.4, 0.5) is 8.78 Å². The van der Waals surface area contributed by atoms with Gasteiger partial charge in [0.15, 0.2) is 6.10 Å². The highest BCUT2D eigenvalue weighted by atomic mass is 35.5. The zero-order chi connectivity index (χ0) is 20.2. The molecule has 1 aromatic heterocycles. The second-order valence-electron chi connectivity index (χ2n) is 5.42. The first-order chi connectivity index (χ1) is 12.6. The van der Waals surface area contributed by atoms with Crippen molar-refractivity contribution in [1.29, 1.82) is 0 Å². The van der Waals surface area contributed by atoms with Crippen LogP contribution in [-0.2, 0) is 25.5 Å². The largest absolute Gasteiger partial charge is 0.461 e. The molecule has 1 unspecified atom stereocenters. The molecule has 146 valence electrons. The molecule has 0 aliphatic rings. The Balaban J connectivity index is 2.02. The summed E-state index contributed by atoms with van der Waals surface area (Å²) in [7, 11) is 0. The minimum absolute atomic E-state index is 0.204. The van der Waals surface area contributed by atoms with Gasteiger partial charge < -0.3 is 9.47 Å². The fraction of sp³-hybridized carbons (Fsp3) is 0.353. The van der Waals surface area contributed by atoms with E-state index in [1.54, 1.807) is 23.6 Å². The van der Waals surface area contributed by atoms with Gasteiger partial charge in [-0.3, -0.25) is 4.79 Å². The lowest BCUT2D eigenvalue weighted by Crippen LogP contribution is -2.43. The van der Waals surface area contributed by atoms with E-state index in [-0.39, 0.29) is 13.0 Å². The van der Waals surface area contributed by atoms with E-state index in [0.29, 0.717) is 26.3 Å². The fourth-order valence-corrected chi connectivity index (χ4v) is 3.44. The normalized spacial score (nSPS) is 12.5. The number of ether oxygens (including phenoxy) is 2. The number of halogens is 4. The molecule has 5 nitrogen and oxygen atoms in total. The van der Waals surface area contributed by atoms with Crippen LogP contribution in [0.5, 0.6) is 0 Å². The van der Waals surface area contributed by atoms with Crippen molar-refractivity contribution in [2.75, 3.05) is 6.61 Å². The highest BCUT2D eigenvalue weighted by Gasteiger charge is 2.48. The first-order valence-electron chi connectivity index (χ1n) is 7.79. The van der Waals surface area contributed by atoms with Crippen molar-refractivity contribution >= 4 is 46.5 Å². The van der Waals surface area contributed by atoms with Crippen molar-refractivity contribution in [3.63, 3.8) is 0 Å². The van der Waals surface area contributed by atoms with Gasteiger partial charge >= 0.3 is 17.9 Å². The van der Waals surface area contributed by atoms with Crippen LogP contribution >= 0.6 is 34.5 Å². The molecule has 2 aromatic rings. The van der Waals surface area contributed by atoms with Gasteiger partial charge in [0.2, 0.25) is 0 Å². The summed E-state index contributed by atoms with van der Waals surface area (Å²) < 4.78 is 36.6. The average Bonchev–Trinajstić information content (AvgIpc) is 3.02. The number of hydrogen-bond donors (Lipinski definition) is 0. The fourth-order valence-electron chi connectivity index (χ4n) is 2.03. The molecule has 10 heteroatoms. The van der Waals surface area contributed by atoms with E-state index in [2.05, 4.69) is 14.5 Å². The lowest BCUT2D eigenvalue weighted by Gasteiger charge is -2.21. The van der Waals surface area contributed by atoms with Crippen molar-refractivity contribution in [2.24, 2.45) is 0 Å². The number of nitrogens with zero attached hydrogens (tertiary/aromatic N) is 1. The number of benzene rings is 1. The Morgan fingerprint density at radius 3 is 2.67 bits per heavy atom. The van der Waals surface area contributed by atoms with Crippen LogP contribution in [0.25, 0.3) is 10.6 Å². The summed E-state index contributed by atoms with van der Waals surface area (Å²) in [6, 6.07) is 4.90. The van der Waals surface area contributed by atoms with Crippen LogP contribution in [0.15, 0.2) is 23.6 Å². The van der Waals surface area contributed by atoms with E-state index in [1.807, 2.05) is 0 Å². The first-order valence-corrected chi connectivity index (χ1v) is 9.43. The Morgan fingerprint density at radius 2 is 2.04 bits per heavy atom. The molecular formula is C17H15Cl2F2NO4S. The summed E-state index contributed by atoms with van der Waals surface area (Å²) in [5.41, 5.74) is 0.963. The van der Waals surface area contributed by atoms with E-state index in [9.17, 15) is 18.4 Å². The molecule has 0 bridgehead atoms. The number of rotatable bonds is 7. The van der Waals surface area contributed by atoms with Crippen LogP contribution in [0.3, 0.4) is 0 Å². The third kappa shape index (κ3) is 5.37. The maximum Gasteiger partial charge on any atom is 0.381 e. The van der Waals surface area contributed by atoms with Crippen molar-refractivity contribution in [3.05, 3.63) is 39.3 Å². The Bertz CT molecular complexity index is 844. The number of thiazole rings is 1. The molecule has 0 N–H and O–H groups in total. The molecule has 0 saturated heterocycles. The third-order valence-corrected chi connectivity index (χ3v) is 4.88. The smallest absolute Gasteiger partial charge is 0.381 e. The van der Waals surface area contributed by atoms with E-state index in [0.717, 1.165) is 6.92 Å². The van der Waals surface area contributed by atoms with E-state index in [4.69, 9.17) is 23.2 Å². The summed E-state index contributed by atoms with van der Waals surface area (Å²) in [5, 5.41) is 3.01. The number of carbonyl (C=O) groups excluding carboxylic acids is 2. The molecule has 2 rings (SSSR count). The van der Waals surface area contributed by atoms with E-state index >= 15 is 0 Å². The van der Waals surface area contributed by atoms with Gasteiger partial charge in [-0.2, -0.15) is 8.78 Å². The van der Waals surface area contributed by atoms with Gasteiger partial charge in [0.25, 0.3) is 0 Å². The number of aromatic nitrogens is 1. The number of alkyl halides is 2. The topological polar surface area (TPSA) is 65.5 Å². The number of esters is 2. The molecule has 0 aliphatic carbocycles. The van der Waals surface area contributed by atoms with Gasteiger partial charge in [-0.15, -0.1) is 11.3 Å². The van der Waals surface area contributed by atoms with Crippen LogP contribution < -0.4 is 0 Å². The molecule has 1 aromatic carbocycles. The first kappa shape index (κ1) is 21.5. The van der Waals surface area contributed by atoms with Crippen molar-refractivity contribution < 1.29 is 27.8 Å². The minimum Gasteiger partial charge on any atom is -0.461 e. The maximum atomic E-state index is 13.8. The Morgan fingerprint density at radius 1 is 1.33 bits per heavy atom. The molecule has 0 spiro atoms. The second-order valence-corrected chi connectivity index (χ2v) is 7.12. The lowest BCUT2D eigenvalue weighted by atomic mass is 10.2. The van der Waals surface area contributed by atoms with Crippen LogP contribution in [0.2, 0.25) is 10.0 Å². The van der Waals surface area contributed by atoms with Crippen molar-refractivity contribution in [3.8, 4) is 10.6 Å². The number of hydrogen-bond acceptors (Lipinski definition) is 6. The van der Waals surface area contributed by atoms with Crippen LogP contribution in [0, 0.1) is 0 Å². The molecule has 0 aliphatic heterocycles. The van der Waals surface area contributed by atoms with Crippen molar-refractivity contribution in [1.82, 2.24) is 4.98 Å². The van der Waals surface area contributed by atoms with Gasteiger partial charge in [-0.25, -0.2) is 9.78 Å². The number of carbonyl (C=O) groups is 2. The monoisotopic (exact) mass is 437 g/mol. The summed E-state index contributed by atoms with van der Waals surface area (Å²) >= 11 is 13.2. The van der Waals surface area contributed by atoms with Gasteiger partial charge in [0.1, 0.15) is 5.01 Å². The van der Waals surface area contributed by atoms with Gasteiger partial charge in [-0.05, 0) is 32.0 Å². The third-order valence-electron chi connectivity index (χ3n) is 3.41. The average molecular weight is 438 g/mol. The molecule has 0 amide bonds. The molecule has 0 radical (unpaired) electrons. The van der Waals surface area contributed by atoms with Gasteiger partial charge in [-0.1, -0.05) is 23.2 Å². The molecule has 1 heterocycles.